The summed E-state index contributed by atoms with van der Waals surface area (Å²) in [6.45, 7) is 2.83. The fraction of sp³-hybridized carbons (Fsp3) is 1.00. The Balaban J connectivity index is 1.57. The molecule has 1 aliphatic heterocycles. The molecule has 0 amide bonds. The molecule has 86 valence electrons. The van der Waals surface area contributed by atoms with Gasteiger partial charge in [0.05, 0.1) is 0 Å². The van der Waals surface area contributed by atoms with Crippen molar-refractivity contribution in [1.82, 2.24) is 4.90 Å². The molecule has 2 saturated carbocycles. The van der Waals surface area contributed by atoms with Gasteiger partial charge >= 0.3 is 0 Å². The van der Waals surface area contributed by atoms with Gasteiger partial charge in [0.2, 0.25) is 0 Å². The Morgan fingerprint density at radius 3 is 2.40 bits per heavy atom. The van der Waals surface area contributed by atoms with Crippen LogP contribution in [0.5, 0.6) is 0 Å². The Bertz CT molecular complexity index is 229. The summed E-state index contributed by atoms with van der Waals surface area (Å²) in [4.78, 5) is 2.78. The lowest BCUT2D eigenvalue weighted by Gasteiger charge is -2.37. The Morgan fingerprint density at radius 1 is 1.07 bits per heavy atom. The van der Waals surface area contributed by atoms with E-state index in [9.17, 15) is 0 Å². The summed E-state index contributed by atoms with van der Waals surface area (Å²) in [6.07, 6.45) is 10.3. The van der Waals surface area contributed by atoms with Crippen LogP contribution in [-0.2, 0) is 0 Å². The van der Waals surface area contributed by atoms with Crippen LogP contribution in [0.4, 0.5) is 0 Å². The molecule has 0 aromatic heterocycles. The third-order valence-electron chi connectivity index (χ3n) is 4.96. The van der Waals surface area contributed by atoms with Gasteiger partial charge in [0.15, 0.2) is 0 Å². The molecule has 0 aromatic carbocycles. The van der Waals surface area contributed by atoms with Gasteiger partial charge < -0.3 is 0 Å². The molecule has 3 fully saturated rings. The van der Waals surface area contributed by atoms with E-state index in [1.54, 1.807) is 0 Å². The van der Waals surface area contributed by atoms with Gasteiger partial charge in [-0.15, -0.1) is 0 Å². The Morgan fingerprint density at radius 2 is 1.80 bits per heavy atom. The molecule has 0 bridgehead atoms. The predicted molar refractivity (Wildman–Crippen MR) is 67.5 cm³/mol. The Kier molecular flexibility index (Phi) is 2.76. The fourth-order valence-electron chi connectivity index (χ4n) is 3.60. The summed E-state index contributed by atoms with van der Waals surface area (Å²) in [7, 11) is 0. The molecule has 1 saturated heterocycles. The summed E-state index contributed by atoms with van der Waals surface area (Å²) in [6, 6.07) is 0.993. The van der Waals surface area contributed by atoms with Crippen molar-refractivity contribution in [2.75, 3.05) is 18.8 Å². The van der Waals surface area contributed by atoms with Crippen LogP contribution in [0.25, 0.3) is 0 Å². The van der Waals surface area contributed by atoms with Crippen LogP contribution in [0.1, 0.15) is 44.9 Å². The highest BCUT2D eigenvalue weighted by Crippen LogP contribution is 2.47. The predicted octanol–water partition coefficient (Wildman–Crippen LogP) is 2.96. The van der Waals surface area contributed by atoms with Crippen LogP contribution in [-0.4, -0.2) is 29.8 Å². The van der Waals surface area contributed by atoms with E-state index in [0.717, 1.165) is 23.1 Å². The maximum atomic E-state index is 4.44. The van der Waals surface area contributed by atoms with Crippen LogP contribution in [0.15, 0.2) is 0 Å². The number of hydrogen-bond donors (Lipinski definition) is 1. The molecule has 3 rings (SSSR count). The molecule has 15 heavy (non-hydrogen) atoms. The monoisotopic (exact) mass is 225 g/mol. The zero-order valence-corrected chi connectivity index (χ0v) is 10.5. The summed E-state index contributed by atoms with van der Waals surface area (Å²) in [5.74, 6) is 2.04. The van der Waals surface area contributed by atoms with Crippen molar-refractivity contribution in [2.45, 2.75) is 51.0 Å². The summed E-state index contributed by atoms with van der Waals surface area (Å²) in [5.41, 5.74) is 0.738. The average Bonchev–Trinajstić information content (AvgIpc) is 3.04. The highest BCUT2D eigenvalue weighted by Gasteiger charge is 2.44. The lowest BCUT2D eigenvalue weighted by Crippen LogP contribution is -2.32. The molecule has 1 heterocycles. The topological polar surface area (TPSA) is 3.24 Å². The second kappa shape index (κ2) is 3.96. The molecular weight excluding hydrogens is 202 g/mol. The maximum Gasteiger partial charge on any atom is 0.00966 e. The largest absolute Gasteiger partial charge is 0.300 e. The van der Waals surface area contributed by atoms with E-state index in [2.05, 4.69) is 17.5 Å². The molecule has 0 aromatic rings. The van der Waals surface area contributed by atoms with Crippen molar-refractivity contribution in [3.63, 3.8) is 0 Å². The molecule has 2 heteroatoms. The quantitative estimate of drug-likeness (QED) is 0.707. The minimum absolute atomic E-state index is 0.738. The van der Waals surface area contributed by atoms with Gasteiger partial charge in [-0.2, -0.15) is 12.6 Å². The zero-order chi connectivity index (χ0) is 10.3. The lowest BCUT2D eigenvalue weighted by molar-refractivity contribution is 0.156. The van der Waals surface area contributed by atoms with Gasteiger partial charge in [-0.1, -0.05) is 0 Å². The number of thiol groups is 1. The number of likely N-dealkylation sites (tertiary alicyclic amines) is 1. The van der Waals surface area contributed by atoms with Crippen LogP contribution in [0.2, 0.25) is 0 Å². The Labute approximate surface area is 99.0 Å². The summed E-state index contributed by atoms with van der Waals surface area (Å²) < 4.78 is 0. The number of hydrogen-bond acceptors (Lipinski definition) is 2. The van der Waals surface area contributed by atoms with Crippen molar-refractivity contribution in [2.24, 2.45) is 11.3 Å². The van der Waals surface area contributed by atoms with E-state index in [4.69, 9.17) is 0 Å². The van der Waals surface area contributed by atoms with Crippen molar-refractivity contribution < 1.29 is 0 Å². The molecule has 0 unspecified atom stereocenters. The van der Waals surface area contributed by atoms with Gasteiger partial charge in [0.1, 0.15) is 0 Å². The summed E-state index contributed by atoms with van der Waals surface area (Å²) in [5, 5.41) is 0. The van der Waals surface area contributed by atoms with E-state index in [0.29, 0.717) is 0 Å². The molecule has 2 aliphatic carbocycles. The van der Waals surface area contributed by atoms with Crippen LogP contribution in [0, 0.1) is 11.3 Å². The normalized spacial score (nSPS) is 42.6. The van der Waals surface area contributed by atoms with Crippen molar-refractivity contribution in [3.8, 4) is 0 Å². The number of nitrogens with zero attached hydrogens (tertiary/aromatic N) is 1. The minimum Gasteiger partial charge on any atom is -0.300 e. The molecule has 0 atom stereocenters. The van der Waals surface area contributed by atoms with Crippen molar-refractivity contribution in [1.29, 1.82) is 0 Å². The smallest absolute Gasteiger partial charge is 0.00966 e. The van der Waals surface area contributed by atoms with E-state index in [1.807, 2.05) is 0 Å². The van der Waals surface area contributed by atoms with Crippen LogP contribution < -0.4 is 0 Å². The first-order valence-corrected chi connectivity index (χ1v) is 7.29. The third kappa shape index (κ3) is 2.08. The molecule has 1 nitrogen and oxygen atoms in total. The third-order valence-corrected chi connectivity index (χ3v) is 5.47. The second-order valence-corrected chi connectivity index (χ2v) is 6.44. The molecule has 0 N–H and O–H groups in total. The van der Waals surface area contributed by atoms with Gasteiger partial charge in [-0.3, -0.25) is 4.90 Å². The van der Waals surface area contributed by atoms with Gasteiger partial charge in [-0.25, -0.2) is 0 Å². The molecular formula is C13H23NS. The lowest BCUT2D eigenvalue weighted by atomic mass is 9.70. The second-order valence-electron chi connectivity index (χ2n) is 6.08. The van der Waals surface area contributed by atoms with Gasteiger partial charge in [-0.05, 0) is 68.6 Å². The molecule has 1 spiro atoms. The van der Waals surface area contributed by atoms with E-state index < -0.39 is 0 Å². The zero-order valence-electron chi connectivity index (χ0n) is 9.62. The molecule has 3 aliphatic rings. The highest BCUT2D eigenvalue weighted by molar-refractivity contribution is 7.80. The summed E-state index contributed by atoms with van der Waals surface area (Å²) >= 11 is 4.44. The minimum atomic E-state index is 0.738. The highest BCUT2D eigenvalue weighted by atomic mass is 32.1. The Hall–Kier alpha value is 0.310. The fourth-order valence-corrected chi connectivity index (χ4v) is 3.97. The van der Waals surface area contributed by atoms with Crippen LogP contribution >= 0.6 is 12.6 Å². The number of rotatable bonds is 2. The van der Waals surface area contributed by atoms with Crippen LogP contribution in [0.3, 0.4) is 0 Å². The van der Waals surface area contributed by atoms with E-state index in [-0.39, 0.29) is 0 Å². The molecule has 0 radical (unpaired) electrons. The first kappa shape index (κ1) is 10.5. The first-order valence-electron chi connectivity index (χ1n) is 6.66. The SMILES string of the molecule is SCC1CCC2(CC1)CCN(C1CC1)C2. The maximum absolute atomic E-state index is 4.44. The van der Waals surface area contributed by atoms with E-state index >= 15 is 0 Å². The average molecular weight is 225 g/mol. The van der Waals surface area contributed by atoms with E-state index in [1.165, 1.54) is 58.0 Å². The van der Waals surface area contributed by atoms with Crippen molar-refractivity contribution in [3.05, 3.63) is 0 Å². The van der Waals surface area contributed by atoms with Gasteiger partial charge in [0, 0.05) is 12.6 Å². The van der Waals surface area contributed by atoms with Crippen molar-refractivity contribution >= 4 is 12.6 Å². The first-order chi connectivity index (χ1) is 7.31. The standard InChI is InChI=1S/C13H23NS/c15-9-11-3-5-13(6-4-11)7-8-14(10-13)12-1-2-12/h11-12,15H,1-10H2. The van der Waals surface area contributed by atoms with Gasteiger partial charge in [0.25, 0.3) is 0 Å².